The molecule has 2 N–H and O–H groups in total. The first-order valence-electron chi connectivity index (χ1n) is 6.01. The summed E-state index contributed by atoms with van der Waals surface area (Å²) in [4.78, 5) is 11.2. The Morgan fingerprint density at radius 1 is 1.32 bits per heavy atom. The molecule has 0 fully saturated rings. The SMILES string of the molecule is CCOC(=O)CCCC(N)c1c(Cl)cc(Cl)cc1Cl. The van der Waals surface area contributed by atoms with Crippen molar-refractivity contribution in [2.24, 2.45) is 5.73 Å². The standard InChI is InChI=1S/C13H16Cl3NO2/c1-2-19-12(18)5-3-4-11(17)13-9(15)6-8(14)7-10(13)16/h6-7,11H,2-5,17H2,1H3. The van der Waals surface area contributed by atoms with Gasteiger partial charge in [0, 0.05) is 33.1 Å². The van der Waals surface area contributed by atoms with Crippen LogP contribution in [0.15, 0.2) is 12.1 Å². The van der Waals surface area contributed by atoms with Gasteiger partial charge in [0.05, 0.1) is 6.61 Å². The van der Waals surface area contributed by atoms with Crippen LogP contribution in [-0.2, 0) is 9.53 Å². The molecule has 0 aliphatic carbocycles. The second kappa shape index (κ2) is 7.95. The van der Waals surface area contributed by atoms with Gasteiger partial charge in [-0.05, 0) is 31.9 Å². The monoisotopic (exact) mass is 323 g/mol. The number of hydrogen-bond acceptors (Lipinski definition) is 3. The van der Waals surface area contributed by atoms with Crippen LogP contribution in [0.4, 0.5) is 0 Å². The number of hydrogen-bond donors (Lipinski definition) is 1. The highest BCUT2D eigenvalue weighted by Crippen LogP contribution is 2.34. The van der Waals surface area contributed by atoms with E-state index in [2.05, 4.69) is 0 Å². The van der Waals surface area contributed by atoms with E-state index in [1.807, 2.05) is 0 Å². The first-order valence-corrected chi connectivity index (χ1v) is 7.14. The zero-order valence-corrected chi connectivity index (χ0v) is 12.9. The van der Waals surface area contributed by atoms with Crippen molar-refractivity contribution in [3.05, 3.63) is 32.8 Å². The number of nitrogens with two attached hydrogens (primary N) is 1. The molecule has 0 aromatic heterocycles. The lowest BCUT2D eigenvalue weighted by molar-refractivity contribution is -0.143. The zero-order valence-electron chi connectivity index (χ0n) is 10.6. The molecule has 0 aliphatic rings. The Kier molecular flexibility index (Phi) is 6.94. The third-order valence-corrected chi connectivity index (χ3v) is 3.46. The zero-order chi connectivity index (χ0) is 14.4. The maximum absolute atomic E-state index is 11.2. The fraction of sp³-hybridized carbons (Fsp3) is 0.462. The van der Waals surface area contributed by atoms with E-state index >= 15 is 0 Å². The van der Waals surface area contributed by atoms with Crippen molar-refractivity contribution in [3.8, 4) is 0 Å². The van der Waals surface area contributed by atoms with Crippen LogP contribution >= 0.6 is 34.8 Å². The molecule has 0 bridgehead atoms. The molecule has 0 spiro atoms. The van der Waals surface area contributed by atoms with Crippen LogP contribution in [0.5, 0.6) is 0 Å². The molecule has 0 amide bonds. The second-order valence-electron chi connectivity index (χ2n) is 4.09. The fourth-order valence-corrected chi connectivity index (χ4v) is 2.85. The van der Waals surface area contributed by atoms with Crippen molar-refractivity contribution in [3.63, 3.8) is 0 Å². The predicted octanol–water partition coefficient (Wildman–Crippen LogP) is 4.38. The first kappa shape index (κ1) is 16.6. The number of ether oxygens (including phenoxy) is 1. The highest BCUT2D eigenvalue weighted by Gasteiger charge is 2.16. The van der Waals surface area contributed by atoms with Crippen LogP contribution in [-0.4, -0.2) is 12.6 Å². The summed E-state index contributed by atoms with van der Waals surface area (Å²) in [7, 11) is 0. The highest BCUT2D eigenvalue weighted by molar-refractivity contribution is 6.39. The molecule has 0 aliphatic heterocycles. The van der Waals surface area contributed by atoms with Gasteiger partial charge in [-0.25, -0.2) is 0 Å². The van der Waals surface area contributed by atoms with E-state index in [4.69, 9.17) is 45.3 Å². The Morgan fingerprint density at radius 2 is 1.89 bits per heavy atom. The summed E-state index contributed by atoms with van der Waals surface area (Å²) in [5, 5.41) is 1.36. The van der Waals surface area contributed by atoms with Gasteiger partial charge >= 0.3 is 5.97 Å². The van der Waals surface area contributed by atoms with Crippen molar-refractivity contribution in [2.75, 3.05) is 6.61 Å². The van der Waals surface area contributed by atoms with Crippen LogP contribution in [0, 0.1) is 0 Å². The number of carbonyl (C=O) groups is 1. The van der Waals surface area contributed by atoms with E-state index in [1.165, 1.54) is 0 Å². The Hall–Kier alpha value is -0.480. The summed E-state index contributed by atoms with van der Waals surface area (Å²) < 4.78 is 4.84. The number of benzene rings is 1. The summed E-state index contributed by atoms with van der Waals surface area (Å²) in [5.41, 5.74) is 6.71. The summed E-state index contributed by atoms with van der Waals surface area (Å²) in [6, 6.07) is 2.89. The molecule has 19 heavy (non-hydrogen) atoms. The van der Waals surface area contributed by atoms with Gasteiger partial charge in [-0.2, -0.15) is 0 Å². The minimum Gasteiger partial charge on any atom is -0.466 e. The molecule has 3 nitrogen and oxygen atoms in total. The maximum Gasteiger partial charge on any atom is 0.305 e. The smallest absolute Gasteiger partial charge is 0.305 e. The molecule has 0 radical (unpaired) electrons. The summed E-state index contributed by atoms with van der Waals surface area (Å²) >= 11 is 18.0. The van der Waals surface area contributed by atoms with Gasteiger partial charge in [0.25, 0.3) is 0 Å². The summed E-state index contributed by atoms with van der Waals surface area (Å²) in [6.45, 7) is 2.16. The van der Waals surface area contributed by atoms with Crippen molar-refractivity contribution >= 4 is 40.8 Å². The lowest BCUT2D eigenvalue weighted by Gasteiger charge is -2.15. The molecule has 0 saturated heterocycles. The third-order valence-electron chi connectivity index (χ3n) is 2.62. The van der Waals surface area contributed by atoms with Crippen molar-refractivity contribution in [2.45, 2.75) is 32.2 Å². The van der Waals surface area contributed by atoms with Crippen molar-refractivity contribution < 1.29 is 9.53 Å². The van der Waals surface area contributed by atoms with E-state index in [1.54, 1.807) is 19.1 Å². The predicted molar refractivity (Wildman–Crippen MR) is 78.9 cm³/mol. The largest absolute Gasteiger partial charge is 0.466 e. The minimum absolute atomic E-state index is 0.219. The third kappa shape index (κ3) is 5.19. The molecule has 106 valence electrons. The van der Waals surface area contributed by atoms with Crippen LogP contribution in [0.1, 0.15) is 37.8 Å². The molecule has 1 atom stereocenters. The van der Waals surface area contributed by atoms with Crippen LogP contribution < -0.4 is 5.73 Å². The topological polar surface area (TPSA) is 52.3 Å². The van der Waals surface area contributed by atoms with Gasteiger partial charge in [-0.15, -0.1) is 0 Å². The number of esters is 1. The normalized spacial score (nSPS) is 12.3. The Bertz CT molecular complexity index is 429. The molecule has 1 unspecified atom stereocenters. The molecule has 1 aromatic rings. The summed E-state index contributed by atoms with van der Waals surface area (Å²) in [5.74, 6) is -0.219. The molecular weight excluding hydrogens is 309 g/mol. The lowest BCUT2D eigenvalue weighted by Crippen LogP contribution is -2.13. The number of rotatable bonds is 6. The van der Waals surface area contributed by atoms with E-state index in [0.29, 0.717) is 46.5 Å². The molecule has 1 aromatic carbocycles. The van der Waals surface area contributed by atoms with Crippen molar-refractivity contribution in [1.82, 2.24) is 0 Å². The van der Waals surface area contributed by atoms with Crippen molar-refractivity contribution in [1.29, 1.82) is 0 Å². The van der Waals surface area contributed by atoms with Gasteiger partial charge in [-0.1, -0.05) is 34.8 Å². The molecule has 0 saturated carbocycles. The number of carbonyl (C=O) groups excluding carboxylic acids is 1. The quantitative estimate of drug-likeness (QED) is 0.790. The maximum atomic E-state index is 11.2. The van der Waals surface area contributed by atoms with E-state index in [0.717, 1.165) is 0 Å². The van der Waals surface area contributed by atoms with E-state index < -0.39 is 0 Å². The van der Waals surface area contributed by atoms with E-state index in [9.17, 15) is 4.79 Å². The molecule has 6 heteroatoms. The first-order chi connectivity index (χ1) is 8.95. The molecule has 0 heterocycles. The van der Waals surface area contributed by atoms with Crippen LogP contribution in [0.2, 0.25) is 15.1 Å². The number of halogens is 3. The van der Waals surface area contributed by atoms with Gasteiger partial charge < -0.3 is 10.5 Å². The van der Waals surface area contributed by atoms with Gasteiger partial charge in [0.2, 0.25) is 0 Å². The van der Waals surface area contributed by atoms with Crippen LogP contribution in [0.3, 0.4) is 0 Å². The van der Waals surface area contributed by atoms with Gasteiger partial charge in [0.1, 0.15) is 0 Å². The summed E-state index contributed by atoms with van der Waals surface area (Å²) in [6.07, 6.45) is 1.56. The second-order valence-corrected chi connectivity index (χ2v) is 5.34. The van der Waals surface area contributed by atoms with Crippen LogP contribution in [0.25, 0.3) is 0 Å². The minimum atomic E-state index is -0.327. The average Bonchev–Trinajstić information content (AvgIpc) is 2.27. The fourth-order valence-electron chi connectivity index (χ4n) is 1.75. The Balaban J connectivity index is 2.59. The van der Waals surface area contributed by atoms with Gasteiger partial charge in [0.15, 0.2) is 0 Å². The van der Waals surface area contributed by atoms with E-state index in [-0.39, 0.29) is 12.0 Å². The average molecular weight is 325 g/mol. The highest BCUT2D eigenvalue weighted by atomic mass is 35.5. The molecule has 1 rings (SSSR count). The lowest BCUT2D eigenvalue weighted by atomic mass is 10.0. The Morgan fingerprint density at radius 3 is 2.42 bits per heavy atom. The van der Waals surface area contributed by atoms with Gasteiger partial charge in [-0.3, -0.25) is 4.79 Å². The molecular formula is C13H16Cl3NO2. The Labute approximate surface area is 128 Å².